The number of aliphatic hydroxyl groups excluding tert-OH is 2. The first-order valence-electron chi connectivity index (χ1n) is 5.37. The predicted molar refractivity (Wildman–Crippen MR) is 57.5 cm³/mol. The lowest BCUT2D eigenvalue weighted by atomic mass is 10.2. The molecule has 0 amide bonds. The monoisotopic (exact) mass is 242 g/mol. The molecule has 0 bridgehead atoms. The molecule has 0 saturated carbocycles. The van der Waals surface area contributed by atoms with Gasteiger partial charge < -0.3 is 14.9 Å². The zero-order chi connectivity index (χ0) is 12.4. The zero-order valence-corrected chi connectivity index (χ0v) is 9.13. The molecule has 1 saturated heterocycles. The number of H-pyrrole nitrogens is 1. The third-order valence-corrected chi connectivity index (χ3v) is 2.81. The highest BCUT2D eigenvalue weighted by atomic mass is 16.5. The van der Waals surface area contributed by atoms with Gasteiger partial charge in [-0.2, -0.15) is 0 Å². The van der Waals surface area contributed by atoms with Gasteiger partial charge in [0.05, 0.1) is 24.9 Å². The van der Waals surface area contributed by atoms with Gasteiger partial charge in [0.25, 0.3) is 5.56 Å². The molecule has 2 unspecified atom stereocenters. The summed E-state index contributed by atoms with van der Waals surface area (Å²) in [6.45, 7) is -0.535. The van der Waals surface area contributed by atoms with Crippen molar-refractivity contribution >= 4 is 0 Å². The van der Waals surface area contributed by atoms with Crippen LogP contribution in [0.25, 0.3) is 0 Å². The first-order chi connectivity index (χ1) is 8.15. The molecule has 0 spiro atoms. The van der Waals surface area contributed by atoms with Crippen LogP contribution in [-0.4, -0.2) is 32.5 Å². The van der Waals surface area contributed by atoms with Crippen LogP contribution < -0.4 is 11.2 Å². The molecule has 0 radical (unpaired) electrons. The molecule has 0 aliphatic carbocycles. The minimum atomic E-state index is -0.592. The minimum Gasteiger partial charge on any atom is -0.394 e. The van der Waals surface area contributed by atoms with E-state index in [2.05, 4.69) is 4.98 Å². The van der Waals surface area contributed by atoms with E-state index < -0.39 is 24.1 Å². The van der Waals surface area contributed by atoms with Gasteiger partial charge in [-0.15, -0.1) is 0 Å². The van der Waals surface area contributed by atoms with Crippen LogP contribution in [0.5, 0.6) is 0 Å². The number of aromatic amines is 1. The molecule has 1 aliphatic rings. The molecule has 1 aromatic heterocycles. The Morgan fingerprint density at radius 1 is 1.41 bits per heavy atom. The maximum absolute atomic E-state index is 11.6. The Balaban J connectivity index is 2.33. The highest BCUT2D eigenvalue weighted by molar-refractivity contribution is 5.03. The fourth-order valence-corrected chi connectivity index (χ4v) is 1.88. The third kappa shape index (κ3) is 2.31. The van der Waals surface area contributed by atoms with Gasteiger partial charge >= 0.3 is 5.69 Å². The van der Waals surface area contributed by atoms with Crippen molar-refractivity contribution in [3.63, 3.8) is 0 Å². The fraction of sp³-hybridized carbons (Fsp3) is 0.600. The summed E-state index contributed by atoms with van der Waals surface area (Å²) < 4.78 is 6.66. The van der Waals surface area contributed by atoms with E-state index in [0.717, 1.165) is 0 Å². The Bertz CT molecular complexity index is 506. The summed E-state index contributed by atoms with van der Waals surface area (Å²) in [4.78, 5) is 24.9. The van der Waals surface area contributed by atoms with E-state index in [4.69, 9.17) is 14.9 Å². The van der Waals surface area contributed by atoms with Gasteiger partial charge in [0, 0.05) is 6.20 Å². The molecule has 7 nitrogen and oxygen atoms in total. The summed E-state index contributed by atoms with van der Waals surface area (Å²) in [5.74, 6) is 0. The standard InChI is InChI=1S/C10H14N2O5/c13-4-6-3-12(10(16)11-9(6)15)8-2-1-7(5-14)17-8/h3,7-8,13-14H,1-2,4-5H2,(H,11,15,16). The number of rotatable bonds is 3. The number of nitrogens with zero attached hydrogens (tertiary/aromatic N) is 1. The summed E-state index contributed by atoms with van der Waals surface area (Å²) in [6, 6.07) is 0. The van der Waals surface area contributed by atoms with Gasteiger partial charge in [-0.05, 0) is 12.8 Å². The Kier molecular flexibility index (Phi) is 3.41. The Hall–Kier alpha value is -1.44. The average molecular weight is 242 g/mol. The number of hydrogen-bond donors (Lipinski definition) is 3. The van der Waals surface area contributed by atoms with E-state index in [9.17, 15) is 9.59 Å². The molecule has 2 rings (SSSR count). The van der Waals surface area contributed by atoms with Crippen molar-refractivity contribution < 1.29 is 14.9 Å². The predicted octanol–water partition coefficient (Wildman–Crippen LogP) is -1.30. The summed E-state index contributed by atoms with van der Waals surface area (Å²) in [6.07, 6.45) is 1.76. The highest BCUT2D eigenvalue weighted by Gasteiger charge is 2.26. The number of hydrogen-bond acceptors (Lipinski definition) is 5. The van der Waals surface area contributed by atoms with Crippen LogP contribution in [0.3, 0.4) is 0 Å². The van der Waals surface area contributed by atoms with Gasteiger partial charge in [0.1, 0.15) is 6.23 Å². The molecular weight excluding hydrogens is 228 g/mol. The molecule has 3 N–H and O–H groups in total. The van der Waals surface area contributed by atoms with Crippen LogP contribution in [0.1, 0.15) is 24.6 Å². The van der Waals surface area contributed by atoms with Gasteiger partial charge in [0.15, 0.2) is 0 Å². The lowest BCUT2D eigenvalue weighted by Crippen LogP contribution is -2.34. The molecule has 2 atom stereocenters. The molecule has 1 aromatic rings. The minimum absolute atomic E-state index is 0.0958. The molecule has 1 aliphatic heterocycles. The molecular formula is C10H14N2O5. The largest absolute Gasteiger partial charge is 0.394 e. The first kappa shape index (κ1) is 12.0. The fourth-order valence-electron chi connectivity index (χ4n) is 1.88. The summed E-state index contributed by atoms with van der Waals surface area (Å²) >= 11 is 0. The quantitative estimate of drug-likeness (QED) is 0.611. The second kappa shape index (κ2) is 4.82. The van der Waals surface area contributed by atoms with Crippen molar-refractivity contribution in [2.45, 2.75) is 31.8 Å². The Labute approximate surface area is 96.3 Å². The molecule has 0 aromatic carbocycles. The van der Waals surface area contributed by atoms with Crippen LogP contribution in [0.4, 0.5) is 0 Å². The highest BCUT2D eigenvalue weighted by Crippen LogP contribution is 2.26. The average Bonchev–Trinajstić information content (AvgIpc) is 2.78. The molecule has 17 heavy (non-hydrogen) atoms. The summed E-state index contributed by atoms with van der Waals surface area (Å²) in [7, 11) is 0. The van der Waals surface area contributed by atoms with Crippen molar-refractivity contribution in [2.75, 3.05) is 6.61 Å². The number of aliphatic hydroxyl groups is 2. The molecule has 2 heterocycles. The van der Waals surface area contributed by atoms with Crippen LogP contribution >= 0.6 is 0 Å². The number of nitrogens with one attached hydrogen (secondary N) is 1. The lowest BCUT2D eigenvalue weighted by Gasteiger charge is -2.15. The maximum Gasteiger partial charge on any atom is 0.330 e. The summed E-state index contributed by atoms with van der Waals surface area (Å²) in [5.41, 5.74) is -1.05. The second-order valence-corrected chi connectivity index (χ2v) is 3.95. The number of ether oxygens (including phenoxy) is 1. The van der Waals surface area contributed by atoms with E-state index in [1.54, 1.807) is 0 Å². The van der Waals surface area contributed by atoms with Gasteiger partial charge in [-0.3, -0.25) is 14.3 Å². The SMILES string of the molecule is O=c1[nH]c(=O)n(C2CCC(CO)O2)cc1CO. The van der Waals surface area contributed by atoms with Crippen LogP contribution in [-0.2, 0) is 11.3 Å². The maximum atomic E-state index is 11.6. The van der Waals surface area contributed by atoms with Crippen molar-refractivity contribution in [1.29, 1.82) is 0 Å². The Morgan fingerprint density at radius 2 is 2.18 bits per heavy atom. The normalized spacial score (nSPS) is 24.1. The molecule has 1 fully saturated rings. The van der Waals surface area contributed by atoms with E-state index >= 15 is 0 Å². The third-order valence-electron chi connectivity index (χ3n) is 2.81. The summed E-state index contributed by atoms with van der Waals surface area (Å²) in [5, 5.41) is 17.9. The van der Waals surface area contributed by atoms with Crippen LogP contribution in [0.2, 0.25) is 0 Å². The van der Waals surface area contributed by atoms with E-state index in [1.807, 2.05) is 0 Å². The second-order valence-electron chi connectivity index (χ2n) is 3.95. The van der Waals surface area contributed by atoms with Gasteiger partial charge in [-0.1, -0.05) is 0 Å². The first-order valence-corrected chi connectivity index (χ1v) is 5.37. The van der Waals surface area contributed by atoms with Crippen LogP contribution in [0, 0.1) is 0 Å². The van der Waals surface area contributed by atoms with Gasteiger partial charge in [-0.25, -0.2) is 4.79 Å². The van der Waals surface area contributed by atoms with Crippen molar-refractivity contribution in [3.05, 3.63) is 32.6 Å². The lowest BCUT2D eigenvalue weighted by molar-refractivity contribution is -0.0248. The topological polar surface area (TPSA) is 105 Å². The molecule has 94 valence electrons. The van der Waals surface area contributed by atoms with Crippen molar-refractivity contribution in [1.82, 2.24) is 9.55 Å². The van der Waals surface area contributed by atoms with Crippen LogP contribution in [0.15, 0.2) is 15.8 Å². The van der Waals surface area contributed by atoms with E-state index in [-0.39, 0.29) is 18.3 Å². The zero-order valence-electron chi connectivity index (χ0n) is 9.13. The van der Waals surface area contributed by atoms with E-state index in [0.29, 0.717) is 12.8 Å². The van der Waals surface area contributed by atoms with Crippen molar-refractivity contribution in [3.8, 4) is 0 Å². The van der Waals surface area contributed by atoms with Gasteiger partial charge in [0.2, 0.25) is 0 Å². The van der Waals surface area contributed by atoms with Crippen molar-refractivity contribution in [2.24, 2.45) is 0 Å². The molecule has 7 heteroatoms. The number of aromatic nitrogens is 2. The smallest absolute Gasteiger partial charge is 0.330 e. The van der Waals surface area contributed by atoms with E-state index in [1.165, 1.54) is 10.8 Å². The Morgan fingerprint density at radius 3 is 2.76 bits per heavy atom.